The molecular formula is C15H21BN2O4. The summed E-state index contributed by atoms with van der Waals surface area (Å²) in [5, 5.41) is 0. The molecule has 7 heteroatoms. The van der Waals surface area contributed by atoms with E-state index in [4.69, 9.17) is 9.47 Å². The number of hydrogen-bond donors (Lipinski definition) is 0. The average Bonchev–Trinajstić information content (AvgIpc) is 2.51. The highest BCUT2D eigenvalue weighted by Crippen LogP contribution is 2.25. The van der Waals surface area contributed by atoms with Gasteiger partial charge in [0.1, 0.15) is 7.85 Å². The third-order valence-electron chi connectivity index (χ3n) is 4.18. The molecule has 1 atom stereocenters. The molecule has 3 rings (SSSR count). The number of pyridine rings is 1. The van der Waals surface area contributed by atoms with Crippen LogP contribution in [0, 0.1) is 0 Å². The predicted octanol–water partition coefficient (Wildman–Crippen LogP) is -0.512. The molecule has 2 aliphatic heterocycles. The van der Waals surface area contributed by atoms with Gasteiger partial charge in [-0.05, 0) is 18.3 Å². The van der Waals surface area contributed by atoms with Crippen LogP contribution in [-0.2, 0) is 11.3 Å². The molecule has 1 aromatic rings. The summed E-state index contributed by atoms with van der Waals surface area (Å²) in [6.07, 6.45) is 4.16. The van der Waals surface area contributed by atoms with E-state index in [2.05, 4.69) is 6.92 Å². The molecule has 22 heavy (non-hydrogen) atoms. The maximum absolute atomic E-state index is 12.8. The number of carbonyl (C=O) groups excluding carboxylic acids is 1. The van der Waals surface area contributed by atoms with Gasteiger partial charge in [0, 0.05) is 12.7 Å². The molecule has 0 aromatic carbocycles. The van der Waals surface area contributed by atoms with Crippen LogP contribution >= 0.6 is 0 Å². The van der Waals surface area contributed by atoms with Crippen molar-refractivity contribution in [1.82, 2.24) is 9.47 Å². The number of aromatic nitrogens is 1. The number of hydrogen-bond acceptors (Lipinski definition) is 4. The van der Waals surface area contributed by atoms with Crippen molar-refractivity contribution in [2.75, 3.05) is 19.8 Å². The lowest BCUT2D eigenvalue weighted by Crippen LogP contribution is -2.54. The van der Waals surface area contributed by atoms with Crippen molar-refractivity contribution >= 4 is 19.2 Å². The van der Waals surface area contributed by atoms with E-state index >= 15 is 0 Å². The second-order valence-electron chi connectivity index (χ2n) is 5.85. The van der Waals surface area contributed by atoms with Crippen molar-refractivity contribution in [3.05, 3.63) is 22.1 Å². The molecule has 0 N–H and O–H groups in total. The summed E-state index contributed by atoms with van der Waals surface area (Å²) in [6.45, 7) is 4.40. The molecule has 1 amide bonds. The van der Waals surface area contributed by atoms with Gasteiger partial charge < -0.3 is 18.9 Å². The Morgan fingerprint density at radius 1 is 1.45 bits per heavy atom. The quantitative estimate of drug-likeness (QED) is 0.555. The Labute approximate surface area is 130 Å². The zero-order chi connectivity index (χ0) is 15.7. The van der Waals surface area contributed by atoms with Crippen molar-refractivity contribution in [2.24, 2.45) is 0 Å². The molecule has 1 unspecified atom stereocenters. The van der Waals surface area contributed by atoms with Gasteiger partial charge in [-0.3, -0.25) is 9.59 Å². The Morgan fingerprint density at radius 2 is 2.27 bits per heavy atom. The lowest BCUT2D eigenvalue weighted by atomic mass is 9.96. The minimum Gasteiger partial charge on any atom is -0.487 e. The van der Waals surface area contributed by atoms with Crippen molar-refractivity contribution < 1.29 is 14.3 Å². The van der Waals surface area contributed by atoms with Crippen LogP contribution in [0.15, 0.2) is 11.0 Å². The van der Waals surface area contributed by atoms with E-state index in [1.54, 1.807) is 18.9 Å². The Hall–Kier alpha value is -1.76. The number of rotatable bonds is 4. The van der Waals surface area contributed by atoms with Gasteiger partial charge in [0.05, 0.1) is 19.8 Å². The number of fused-ring (bicyclic) bond motifs is 2. The summed E-state index contributed by atoms with van der Waals surface area (Å²) in [4.78, 5) is 26.9. The zero-order valence-corrected chi connectivity index (χ0v) is 13.1. The van der Waals surface area contributed by atoms with Gasteiger partial charge in [0.2, 0.25) is 5.43 Å². The topological polar surface area (TPSA) is 60.8 Å². The van der Waals surface area contributed by atoms with E-state index < -0.39 is 0 Å². The van der Waals surface area contributed by atoms with Gasteiger partial charge in [-0.15, -0.1) is 0 Å². The molecule has 0 saturated carbocycles. The molecule has 0 spiro atoms. The first-order valence-electron chi connectivity index (χ1n) is 7.93. The molecule has 2 aliphatic rings. The summed E-state index contributed by atoms with van der Waals surface area (Å²) >= 11 is 0. The third kappa shape index (κ3) is 2.54. The number of carbonyl (C=O) groups is 1. The summed E-state index contributed by atoms with van der Waals surface area (Å²) in [5.41, 5.74) is 0.771. The summed E-state index contributed by atoms with van der Waals surface area (Å²) in [6, 6.07) is 0. The Bertz CT molecular complexity index is 643. The number of nitrogens with zero attached hydrogens (tertiary/aromatic N) is 2. The van der Waals surface area contributed by atoms with Crippen molar-refractivity contribution in [1.29, 1.82) is 0 Å². The molecule has 0 bridgehead atoms. The minimum atomic E-state index is -0.237. The van der Waals surface area contributed by atoms with Gasteiger partial charge >= 0.3 is 0 Å². The Kier molecular flexibility index (Phi) is 4.24. The van der Waals surface area contributed by atoms with Crippen LogP contribution in [0.25, 0.3) is 0 Å². The van der Waals surface area contributed by atoms with Crippen LogP contribution in [0.5, 0.6) is 5.75 Å². The van der Waals surface area contributed by atoms with E-state index in [0.717, 1.165) is 19.3 Å². The lowest BCUT2D eigenvalue weighted by Gasteiger charge is -2.40. The minimum absolute atomic E-state index is 0.167. The standard InChI is InChI=1S/C15H21BN2O4/c1-2-3-6-22-14-12-15(20)18-5-4-7-21-11(18)9-17(12)8-10(16)13(14)19/h8,11H,2-7,9,16H2,1H3. The Balaban J connectivity index is 2.02. The van der Waals surface area contributed by atoms with Gasteiger partial charge in [-0.1, -0.05) is 13.3 Å². The lowest BCUT2D eigenvalue weighted by molar-refractivity contribution is -0.0919. The molecule has 1 fully saturated rings. The number of ether oxygens (including phenoxy) is 2. The van der Waals surface area contributed by atoms with Crippen molar-refractivity contribution in [3.63, 3.8) is 0 Å². The highest BCUT2D eigenvalue weighted by molar-refractivity contribution is 6.32. The fourth-order valence-electron chi connectivity index (χ4n) is 2.97. The van der Waals surface area contributed by atoms with Gasteiger partial charge in [-0.2, -0.15) is 0 Å². The number of amides is 1. The second-order valence-corrected chi connectivity index (χ2v) is 5.85. The normalized spacial score (nSPS) is 20.5. The molecule has 1 aromatic heterocycles. The van der Waals surface area contributed by atoms with Crippen LogP contribution in [0.4, 0.5) is 0 Å². The third-order valence-corrected chi connectivity index (χ3v) is 4.18. The van der Waals surface area contributed by atoms with E-state index in [0.29, 0.717) is 37.5 Å². The highest BCUT2D eigenvalue weighted by atomic mass is 16.5. The fraction of sp³-hybridized carbons (Fsp3) is 0.600. The van der Waals surface area contributed by atoms with Crippen LogP contribution in [0.1, 0.15) is 36.7 Å². The molecule has 6 nitrogen and oxygen atoms in total. The summed E-state index contributed by atoms with van der Waals surface area (Å²) in [7, 11) is 1.75. The first kappa shape index (κ1) is 15.2. The summed E-state index contributed by atoms with van der Waals surface area (Å²) < 4.78 is 13.2. The fourth-order valence-corrected chi connectivity index (χ4v) is 2.97. The first-order valence-corrected chi connectivity index (χ1v) is 7.93. The molecule has 3 heterocycles. The van der Waals surface area contributed by atoms with Gasteiger partial charge in [-0.25, -0.2) is 0 Å². The van der Waals surface area contributed by atoms with Crippen LogP contribution in [-0.4, -0.2) is 49.2 Å². The van der Waals surface area contributed by atoms with Crippen molar-refractivity contribution in [3.8, 4) is 5.75 Å². The molecule has 118 valence electrons. The predicted molar refractivity (Wildman–Crippen MR) is 84.7 cm³/mol. The molecule has 0 radical (unpaired) electrons. The van der Waals surface area contributed by atoms with Crippen LogP contribution < -0.4 is 15.6 Å². The SMILES string of the molecule is Bc1cn2c(c(OCCCC)c1=O)C(=O)N1CCCOC1C2. The van der Waals surface area contributed by atoms with Crippen LogP contribution in [0.3, 0.4) is 0 Å². The van der Waals surface area contributed by atoms with E-state index in [1.807, 2.05) is 4.57 Å². The second kappa shape index (κ2) is 6.16. The van der Waals surface area contributed by atoms with E-state index in [-0.39, 0.29) is 23.3 Å². The number of unbranched alkanes of at least 4 members (excludes halogenated alkanes) is 1. The van der Waals surface area contributed by atoms with Crippen molar-refractivity contribution in [2.45, 2.75) is 39.0 Å². The zero-order valence-electron chi connectivity index (χ0n) is 13.1. The first-order chi connectivity index (χ1) is 10.6. The van der Waals surface area contributed by atoms with E-state index in [1.165, 1.54) is 0 Å². The molecule has 1 saturated heterocycles. The van der Waals surface area contributed by atoms with E-state index in [9.17, 15) is 9.59 Å². The Morgan fingerprint density at radius 3 is 3.05 bits per heavy atom. The summed E-state index contributed by atoms with van der Waals surface area (Å²) in [5.74, 6) is 0.0296. The van der Waals surface area contributed by atoms with Gasteiger partial charge in [0.25, 0.3) is 5.91 Å². The monoisotopic (exact) mass is 304 g/mol. The maximum Gasteiger partial charge on any atom is 0.276 e. The highest BCUT2D eigenvalue weighted by Gasteiger charge is 2.37. The molecule has 0 aliphatic carbocycles. The smallest absolute Gasteiger partial charge is 0.276 e. The maximum atomic E-state index is 12.8. The van der Waals surface area contributed by atoms with Gasteiger partial charge in [0.15, 0.2) is 17.7 Å². The molecular weight excluding hydrogens is 283 g/mol. The largest absolute Gasteiger partial charge is 0.487 e. The van der Waals surface area contributed by atoms with Crippen LogP contribution in [0.2, 0.25) is 0 Å². The average molecular weight is 304 g/mol.